The van der Waals surface area contributed by atoms with Gasteiger partial charge in [-0.25, -0.2) is 0 Å². The van der Waals surface area contributed by atoms with Crippen LogP contribution in [-0.4, -0.2) is 37.1 Å². The van der Waals surface area contributed by atoms with E-state index in [0.29, 0.717) is 13.0 Å². The van der Waals surface area contributed by atoms with Crippen LogP contribution in [0, 0.1) is 5.41 Å². The Morgan fingerprint density at radius 3 is 2.56 bits per heavy atom. The van der Waals surface area contributed by atoms with E-state index in [4.69, 9.17) is 10.9 Å². The monoisotopic (exact) mass is 258 g/mol. The van der Waals surface area contributed by atoms with Gasteiger partial charge in [0.25, 0.3) is 0 Å². The quantitative estimate of drug-likeness (QED) is 0.160. The number of hydrogen-bond acceptors (Lipinski definition) is 4. The lowest BCUT2D eigenvalue weighted by atomic mass is 9.86. The van der Waals surface area contributed by atoms with Crippen LogP contribution in [0.1, 0.15) is 39.5 Å². The summed E-state index contributed by atoms with van der Waals surface area (Å²) in [4.78, 5) is 10.9. The average Bonchev–Trinajstić information content (AvgIpc) is 2.35. The molecule has 0 saturated carbocycles. The molecule has 0 aromatic carbocycles. The molecule has 0 aromatic rings. The molecule has 0 radical (unpaired) electrons. The van der Waals surface area contributed by atoms with Gasteiger partial charge in [0.15, 0.2) is 0 Å². The fourth-order valence-corrected chi connectivity index (χ4v) is 1.53. The van der Waals surface area contributed by atoms with E-state index in [9.17, 15) is 4.79 Å². The molecule has 1 amide bonds. The lowest BCUT2D eigenvalue weighted by Crippen LogP contribution is -2.32. The van der Waals surface area contributed by atoms with Crippen molar-refractivity contribution in [3.63, 3.8) is 0 Å². The molecule has 6 heteroatoms. The highest BCUT2D eigenvalue weighted by atomic mass is 16.4. The van der Waals surface area contributed by atoms with Crippen LogP contribution in [0.3, 0.4) is 0 Å². The minimum Gasteiger partial charge on any atom is -0.409 e. The van der Waals surface area contributed by atoms with Crippen molar-refractivity contribution in [3.8, 4) is 0 Å². The van der Waals surface area contributed by atoms with Crippen molar-refractivity contribution in [3.05, 3.63) is 0 Å². The van der Waals surface area contributed by atoms with E-state index in [-0.39, 0.29) is 17.2 Å². The van der Waals surface area contributed by atoms with Crippen LogP contribution in [-0.2, 0) is 4.79 Å². The van der Waals surface area contributed by atoms with Crippen molar-refractivity contribution in [2.24, 2.45) is 16.3 Å². The highest BCUT2D eigenvalue weighted by Crippen LogP contribution is 2.22. The van der Waals surface area contributed by atoms with Gasteiger partial charge in [-0.3, -0.25) is 4.79 Å². The zero-order chi connectivity index (χ0) is 14.0. The number of nitrogens with one attached hydrogen (secondary N) is 2. The highest BCUT2D eigenvalue weighted by molar-refractivity contribution is 5.85. The normalized spacial score (nSPS) is 12.5. The first-order chi connectivity index (χ1) is 8.44. The van der Waals surface area contributed by atoms with Gasteiger partial charge in [-0.05, 0) is 19.4 Å². The number of amidine groups is 1. The number of amides is 1. The Morgan fingerprint density at radius 2 is 2.00 bits per heavy atom. The van der Waals surface area contributed by atoms with Crippen molar-refractivity contribution >= 4 is 11.7 Å². The second kappa shape index (κ2) is 8.74. The van der Waals surface area contributed by atoms with Crippen LogP contribution in [0.4, 0.5) is 0 Å². The molecular formula is C12H26N4O2. The van der Waals surface area contributed by atoms with Crippen molar-refractivity contribution < 1.29 is 10.0 Å². The van der Waals surface area contributed by atoms with Crippen LogP contribution in [0.25, 0.3) is 0 Å². The number of nitrogens with two attached hydrogens (primary N) is 1. The Morgan fingerprint density at radius 1 is 1.33 bits per heavy atom. The summed E-state index contributed by atoms with van der Waals surface area (Å²) in [6.45, 7) is 5.49. The van der Waals surface area contributed by atoms with Gasteiger partial charge < -0.3 is 21.6 Å². The van der Waals surface area contributed by atoms with Crippen molar-refractivity contribution in [2.45, 2.75) is 39.5 Å². The summed E-state index contributed by atoms with van der Waals surface area (Å²) in [7, 11) is 1.64. The molecule has 0 rings (SSSR count). The molecular weight excluding hydrogens is 232 g/mol. The third-order valence-electron chi connectivity index (χ3n) is 3.01. The molecule has 0 fully saturated rings. The maximum Gasteiger partial charge on any atom is 0.221 e. The number of rotatable bonds is 9. The summed E-state index contributed by atoms with van der Waals surface area (Å²) in [6.07, 6.45) is 3.39. The van der Waals surface area contributed by atoms with Gasteiger partial charge in [0.2, 0.25) is 5.91 Å². The van der Waals surface area contributed by atoms with Crippen molar-refractivity contribution in [1.29, 1.82) is 0 Å². The molecule has 0 aliphatic carbocycles. The Bertz CT molecular complexity index is 277. The molecule has 0 aliphatic heterocycles. The molecule has 0 unspecified atom stereocenters. The highest BCUT2D eigenvalue weighted by Gasteiger charge is 2.22. The standard InChI is InChI=1S/C12H26N4O2/c1-12(2,11(13)16-18)7-4-5-8-15-9-6-10(17)14-3/h15,18H,4-9H2,1-3H3,(H2,13,16)(H,14,17). The Hall–Kier alpha value is -1.30. The summed E-state index contributed by atoms with van der Waals surface area (Å²) in [5, 5.41) is 17.5. The maximum absolute atomic E-state index is 10.9. The third-order valence-corrected chi connectivity index (χ3v) is 3.01. The Balaban J connectivity index is 3.54. The predicted octanol–water partition coefficient (Wildman–Crippen LogP) is 0.655. The van der Waals surface area contributed by atoms with Gasteiger partial charge in [0, 0.05) is 25.4 Å². The fourth-order valence-electron chi connectivity index (χ4n) is 1.53. The van der Waals surface area contributed by atoms with Gasteiger partial charge in [-0.15, -0.1) is 0 Å². The maximum atomic E-state index is 10.9. The summed E-state index contributed by atoms with van der Waals surface area (Å²) in [6, 6.07) is 0. The second-order valence-corrected chi connectivity index (χ2v) is 5.00. The first-order valence-electron chi connectivity index (χ1n) is 6.33. The minimum absolute atomic E-state index is 0.0514. The van der Waals surface area contributed by atoms with Gasteiger partial charge >= 0.3 is 0 Å². The van der Waals surface area contributed by atoms with E-state index >= 15 is 0 Å². The van der Waals surface area contributed by atoms with Crippen LogP contribution >= 0.6 is 0 Å². The van der Waals surface area contributed by atoms with Crippen LogP contribution in [0.2, 0.25) is 0 Å². The largest absolute Gasteiger partial charge is 0.409 e. The zero-order valence-corrected chi connectivity index (χ0v) is 11.6. The fraction of sp³-hybridized carbons (Fsp3) is 0.833. The number of unbranched alkanes of at least 4 members (excludes halogenated alkanes) is 1. The molecule has 0 heterocycles. The predicted molar refractivity (Wildman–Crippen MR) is 72.6 cm³/mol. The molecule has 5 N–H and O–H groups in total. The third kappa shape index (κ3) is 7.11. The Kier molecular flexibility index (Phi) is 8.11. The average molecular weight is 258 g/mol. The topological polar surface area (TPSA) is 99.7 Å². The number of oxime groups is 1. The van der Waals surface area contributed by atoms with E-state index < -0.39 is 0 Å². The number of nitrogens with zero attached hydrogens (tertiary/aromatic N) is 1. The van der Waals surface area contributed by atoms with Gasteiger partial charge in [0.05, 0.1) is 0 Å². The molecule has 0 atom stereocenters. The minimum atomic E-state index is -0.267. The van der Waals surface area contributed by atoms with E-state index in [1.165, 1.54) is 0 Å². The van der Waals surface area contributed by atoms with Crippen LogP contribution in [0.15, 0.2) is 5.16 Å². The molecule has 0 spiro atoms. The summed E-state index contributed by atoms with van der Waals surface area (Å²) >= 11 is 0. The molecule has 106 valence electrons. The molecule has 0 aliphatic rings. The van der Waals surface area contributed by atoms with Crippen LogP contribution < -0.4 is 16.4 Å². The van der Waals surface area contributed by atoms with Gasteiger partial charge in [0.1, 0.15) is 5.84 Å². The summed E-state index contributed by atoms with van der Waals surface area (Å²) in [5.74, 6) is 0.325. The first-order valence-corrected chi connectivity index (χ1v) is 6.33. The molecule has 18 heavy (non-hydrogen) atoms. The lowest BCUT2D eigenvalue weighted by Gasteiger charge is -2.22. The van der Waals surface area contributed by atoms with Crippen LogP contribution in [0.5, 0.6) is 0 Å². The first kappa shape index (κ1) is 16.7. The van der Waals surface area contributed by atoms with E-state index in [0.717, 1.165) is 25.8 Å². The molecule has 0 aromatic heterocycles. The number of carbonyl (C=O) groups is 1. The van der Waals surface area contributed by atoms with E-state index in [2.05, 4.69) is 15.8 Å². The lowest BCUT2D eigenvalue weighted by molar-refractivity contribution is -0.120. The van der Waals surface area contributed by atoms with E-state index in [1.54, 1.807) is 7.05 Å². The Labute approximate surface area is 109 Å². The van der Waals surface area contributed by atoms with E-state index in [1.807, 2.05) is 13.8 Å². The smallest absolute Gasteiger partial charge is 0.221 e. The van der Waals surface area contributed by atoms with Gasteiger partial charge in [-0.2, -0.15) is 0 Å². The number of carbonyl (C=O) groups excluding carboxylic acids is 1. The SMILES string of the molecule is CNC(=O)CCNCCCCC(C)(C)C(N)=NO. The van der Waals surface area contributed by atoms with Crippen molar-refractivity contribution in [2.75, 3.05) is 20.1 Å². The summed E-state index contributed by atoms with van der Waals surface area (Å²) < 4.78 is 0. The van der Waals surface area contributed by atoms with Crippen molar-refractivity contribution in [1.82, 2.24) is 10.6 Å². The molecule has 6 nitrogen and oxygen atoms in total. The summed E-state index contributed by atoms with van der Waals surface area (Å²) in [5.41, 5.74) is 5.33. The second-order valence-electron chi connectivity index (χ2n) is 5.00. The molecule has 0 bridgehead atoms. The van der Waals surface area contributed by atoms with Gasteiger partial charge in [-0.1, -0.05) is 25.4 Å². The zero-order valence-electron chi connectivity index (χ0n) is 11.6. The number of hydrogen-bond donors (Lipinski definition) is 4. The molecule has 0 saturated heterocycles.